The van der Waals surface area contributed by atoms with Crippen LogP contribution in [0, 0.1) is 0 Å². The lowest BCUT2D eigenvalue weighted by atomic mass is 9.91. The topological polar surface area (TPSA) is 83.7 Å². The van der Waals surface area contributed by atoms with Gasteiger partial charge in [0.05, 0.1) is 6.20 Å². The minimum atomic E-state index is 0.339. The second kappa shape index (κ2) is 5.48. The molecule has 3 rings (SSSR count). The third-order valence-electron chi connectivity index (χ3n) is 4.02. The van der Waals surface area contributed by atoms with Gasteiger partial charge >= 0.3 is 0 Å². The summed E-state index contributed by atoms with van der Waals surface area (Å²) in [7, 11) is 0. The highest BCUT2D eigenvalue weighted by molar-refractivity contribution is 5.41. The molecule has 1 saturated heterocycles. The fourth-order valence-electron chi connectivity index (χ4n) is 2.89. The summed E-state index contributed by atoms with van der Waals surface area (Å²) in [5.74, 6) is 1.84. The van der Waals surface area contributed by atoms with Crippen LogP contribution in [0.15, 0.2) is 18.5 Å². The molecular weight excluding hydrogens is 252 g/mol. The molecule has 1 aliphatic rings. The van der Waals surface area contributed by atoms with E-state index in [0.717, 1.165) is 38.2 Å². The molecule has 0 spiro atoms. The number of nitrogens with two attached hydrogens (primary N) is 1. The maximum atomic E-state index is 5.65. The Balaban J connectivity index is 1.68. The van der Waals surface area contributed by atoms with Gasteiger partial charge in [-0.25, -0.2) is 4.98 Å². The highest BCUT2D eigenvalue weighted by atomic mass is 15.2. The van der Waals surface area contributed by atoms with Crippen LogP contribution in [0.1, 0.15) is 36.9 Å². The lowest BCUT2D eigenvalue weighted by molar-refractivity contribution is 0.490. The van der Waals surface area contributed by atoms with Gasteiger partial charge in [-0.1, -0.05) is 6.92 Å². The Bertz CT molecular complexity index is 571. The molecule has 0 saturated carbocycles. The van der Waals surface area contributed by atoms with Gasteiger partial charge in [-0.05, 0) is 30.9 Å². The molecule has 20 heavy (non-hydrogen) atoms. The maximum absolute atomic E-state index is 5.65. The molecule has 6 nitrogen and oxygen atoms in total. The Kier molecular flexibility index (Phi) is 3.54. The second-order valence-electron chi connectivity index (χ2n) is 5.20. The molecule has 2 aromatic rings. The Morgan fingerprint density at radius 2 is 2.20 bits per heavy atom. The van der Waals surface area contributed by atoms with Gasteiger partial charge in [0.2, 0.25) is 5.95 Å². The van der Waals surface area contributed by atoms with E-state index in [0.29, 0.717) is 11.9 Å². The molecule has 2 aromatic heterocycles. The van der Waals surface area contributed by atoms with Crippen LogP contribution in [0.3, 0.4) is 0 Å². The van der Waals surface area contributed by atoms with E-state index in [9.17, 15) is 0 Å². The zero-order valence-corrected chi connectivity index (χ0v) is 11.7. The number of rotatable bonds is 3. The van der Waals surface area contributed by atoms with E-state index in [4.69, 9.17) is 5.73 Å². The van der Waals surface area contributed by atoms with Crippen LogP contribution < -0.4 is 10.6 Å². The Morgan fingerprint density at radius 3 is 2.90 bits per heavy atom. The van der Waals surface area contributed by atoms with Gasteiger partial charge < -0.3 is 10.6 Å². The molecule has 0 unspecified atom stereocenters. The number of nitrogens with one attached hydrogen (secondary N) is 1. The summed E-state index contributed by atoms with van der Waals surface area (Å²) in [5.41, 5.74) is 8.30. The van der Waals surface area contributed by atoms with Crippen LogP contribution >= 0.6 is 0 Å². The predicted octanol–water partition coefficient (Wildman–Crippen LogP) is 1.73. The Labute approximate surface area is 118 Å². The third kappa shape index (κ3) is 2.45. The van der Waals surface area contributed by atoms with E-state index in [1.54, 1.807) is 6.20 Å². The van der Waals surface area contributed by atoms with Crippen LogP contribution in [0.2, 0.25) is 0 Å². The lowest BCUT2D eigenvalue weighted by Crippen LogP contribution is -2.34. The van der Waals surface area contributed by atoms with Gasteiger partial charge in [-0.3, -0.25) is 5.10 Å². The maximum Gasteiger partial charge on any atom is 0.221 e. The predicted molar refractivity (Wildman–Crippen MR) is 78.6 cm³/mol. The van der Waals surface area contributed by atoms with Gasteiger partial charge in [0.15, 0.2) is 0 Å². The third-order valence-corrected chi connectivity index (χ3v) is 4.02. The minimum Gasteiger partial charge on any atom is -0.368 e. The summed E-state index contributed by atoms with van der Waals surface area (Å²) >= 11 is 0. The van der Waals surface area contributed by atoms with Crippen molar-refractivity contribution in [1.82, 2.24) is 20.2 Å². The zero-order valence-electron chi connectivity index (χ0n) is 11.7. The SMILES string of the molecule is CCc1cn[nH]c1C1CCN(c2ccnc(N)n2)CC1. The smallest absolute Gasteiger partial charge is 0.221 e. The van der Waals surface area contributed by atoms with E-state index < -0.39 is 0 Å². The van der Waals surface area contributed by atoms with Gasteiger partial charge in [0, 0.05) is 30.9 Å². The number of H-pyrrole nitrogens is 1. The molecule has 0 amide bonds. The number of nitrogen functional groups attached to an aromatic ring is 1. The summed E-state index contributed by atoms with van der Waals surface area (Å²) in [4.78, 5) is 10.5. The summed E-state index contributed by atoms with van der Waals surface area (Å²) in [6, 6.07) is 1.92. The summed E-state index contributed by atoms with van der Waals surface area (Å²) < 4.78 is 0. The van der Waals surface area contributed by atoms with Crippen molar-refractivity contribution >= 4 is 11.8 Å². The van der Waals surface area contributed by atoms with E-state index >= 15 is 0 Å². The fraction of sp³-hybridized carbons (Fsp3) is 0.500. The number of nitrogens with zero attached hydrogens (tertiary/aromatic N) is 4. The standard InChI is InChI=1S/C14H20N6/c1-2-10-9-17-19-13(10)11-4-7-20(8-5-11)12-3-6-16-14(15)18-12/h3,6,9,11H,2,4-5,7-8H2,1H3,(H,17,19)(H2,15,16,18). The second-order valence-corrected chi connectivity index (χ2v) is 5.20. The molecule has 3 N–H and O–H groups in total. The quantitative estimate of drug-likeness (QED) is 0.889. The van der Waals surface area contributed by atoms with Crippen LogP contribution in [-0.4, -0.2) is 33.3 Å². The average molecular weight is 272 g/mol. The van der Waals surface area contributed by atoms with Crippen molar-refractivity contribution in [3.8, 4) is 0 Å². The van der Waals surface area contributed by atoms with Crippen molar-refractivity contribution in [2.75, 3.05) is 23.7 Å². The van der Waals surface area contributed by atoms with E-state index in [2.05, 4.69) is 32.0 Å². The summed E-state index contributed by atoms with van der Waals surface area (Å²) in [5, 5.41) is 7.36. The van der Waals surface area contributed by atoms with E-state index in [1.165, 1.54) is 11.3 Å². The Hall–Kier alpha value is -2.11. The number of anilines is 2. The molecule has 0 aliphatic carbocycles. The molecular formula is C14H20N6. The van der Waals surface area contributed by atoms with Crippen molar-refractivity contribution in [2.45, 2.75) is 32.1 Å². The van der Waals surface area contributed by atoms with E-state index in [1.807, 2.05) is 12.3 Å². The highest BCUT2D eigenvalue weighted by Gasteiger charge is 2.24. The molecule has 106 valence electrons. The monoisotopic (exact) mass is 272 g/mol. The number of aromatic nitrogens is 4. The van der Waals surface area contributed by atoms with Crippen LogP contribution in [0.5, 0.6) is 0 Å². The van der Waals surface area contributed by atoms with Crippen molar-refractivity contribution in [3.63, 3.8) is 0 Å². The molecule has 0 atom stereocenters. The summed E-state index contributed by atoms with van der Waals surface area (Å²) in [6.45, 7) is 4.15. The van der Waals surface area contributed by atoms with Crippen molar-refractivity contribution in [1.29, 1.82) is 0 Å². The zero-order chi connectivity index (χ0) is 13.9. The first-order valence-electron chi connectivity index (χ1n) is 7.13. The highest BCUT2D eigenvalue weighted by Crippen LogP contribution is 2.30. The summed E-state index contributed by atoms with van der Waals surface area (Å²) in [6.07, 6.45) is 6.92. The fourth-order valence-corrected chi connectivity index (χ4v) is 2.89. The van der Waals surface area contributed by atoms with Crippen molar-refractivity contribution in [3.05, 3.63) is 29.7 Å². The average Bonchev–Trinajstić information content (AvgIpc) is 2.96. The van der Waals surface area contributed by atoms with Gasteiger partial charge in [-0.2, -0.15) is 10.1 Å². The van der Waals surface area contributed by atoms with Gasteiger partial charge in [0.25, 0.3) is 0 Å². The first-order chi connectivity index (χ1) is 9.78. The van der Waals surface area contributed by atoms with Crippen LogP contribution in [-0.2, 0) is 6.42 Å². The Morgan fingerprint density at radius 1 is 1.40 bits per heavy atom. The lowest BCUT2D eigenvalue weighted by Gasteiger charge is -2.32. The number of piperidine rings is 1. The molecule has 6 heteroatoms. The first-order valence-corrected chi connectivity index (χ1v) is 7.13. The molecule has 0 radical (unpaired) electrons. The van der Waals surface area contributed by atoms with Gasteiger partial charge in [0.1, 0.15) is 5.82 Å². The van der Waals surface area contributed by atoms with Crippen molar-refractivity contribution < 1.29 is 0 Å². The number of aromatic amines is 1. The molecule has 0 bridgehead atoms. The van der Waals surface area contributed by atoms with Gasteiger partial charge in [-0.15, -0.1) is 0 Å². The first kappa shape index (κ1) is 12.9. The number of hydrogen-bond acceptors (Lipinski definition) is 5. The number of aryl methyl sites for hydroxylation is 1. The molecule has 0 aromatic carbocycles. The molecule has 1 aliphatic heterocycles. The minimum absolute atomic E-state index is 0.339. The normalized spacial score (nSPS) is 16.6. The molecule has 3 heterocycles. The molecule has 1 fully saturated rings. The van der Waals surface area contributed by atoms with Crippen LogP contribution in [0.4, 0.5) is 11.8 Å². The van der Waals surface area contributed by atoms with E-state index in [-0.39, 0.29) is 0 Å². The number of hydrogen-bond donors (Lipinski definition) is 2. The van der Waals surface area contributed by atoms with Crippen LogP contribution in [0.25, 0.3) is 0 Å². The van der Waals surface area contributed by atoms with Crippen molar-refractivity contribution in [2.24, 2.45) is 0 Å². The largest absolute Gasteiger partial charge is 0.368 e.